The lowest BCUT2D eigenvalue weighted by molar-refractivity contribution is -0.602. The summed E-state index contributed by atoms with van der Waals surface area (Å²) in [5.74, 6) is 8.45. The fourth-order valence-corrected chi connectivity index (χ4v) is 9.22. The molecule has 119 valence electrons. The van der Waals surface area contributed by atoms with Crippen molar-refractivity contribution in [2.45, 2.75) is 75.4 Å². The maximum Gasteiger partial charge on any atom is 0.142 e. The van der Waals surface area contributed by atoms with E-state index in [1.807, 2.05) is 5.92 Å². The lowest BCUT2D eigenvalue weighted by Crippen LogP contribution is -2.82. The highest BCUT2D eigenvalue weighted by Gasteiger charge is 2.79. The SMILES string of the molecule is C1[C]2CC3CC1CC(C3)C2C12OOC13CC1CC(CC2C1)C3. The average molecular weight is 299 g/mol. The van der Waals surface area contributed by atoms with Crippen molar-refractivity contribution in [3.8, 4) is 0 Å². The molecule has 0 N–H and O–H groups in total. The third-order valence-corrected chi connectivity index (χ3v) is 9.21. The first-order valence-corrected chi connectivity index (χ1v) is 9.97. The topological polar surface area (TPSA) is 18.5 Å². The van der Waals surface area contributed by atoms with Gasteiger partial charge in [-0.15, -0.1) is 0 Å². The Balaban J connectivity index is 1.35. The van der Waals surface area contributed by atoms with Crippen LogP contribution in [-0.2, 0) is 9.78 Å². The third-order valence-electron chi connectivity index (χ3n) is 9.21. The number of hydrogen-bond acceptors (Lipinski definition) is 2. The first kappa shape index (κ1) is 12.3. The third kappa shape index (κ3) is 1.17. The molecule has 8 bridgehead atoms. The first-order chi connectivity index (χ1) is 10.8. The average Bonchev–Trinajstić information content (AvgIpc) is 2.46. The largest absolute Gasteiger partial charge is 0.226 e. The summed E-state index contributed by atoms with van der Waals surface area (Å²) in [6, 6.07) is 0. The lowest BCUT2D eigenvalue weighted by Gasteiger charge is -2.75. The van der Waals surface area contributed by atoms with E-state index in [2.05, 4.69) is 0 Å². The first-order valence-electron chi connectivity index (χ1n) is 9.97. The molecule has 1 saturated heterocycles. The van der Waals surface area contributed by atoms with Crippen LogP contribution in [0.4, 0.5) is 0 Å². The summed E-state index contributed by atoms with van der Waals surface area (Å²) in [7, 11) is 0. The molecule has 1 radical (unpaired) electrons. The Labute approximate surface area is 133 Å². The van der Waals surface area contributed by atoms with Crippen LogP contribution in [0.2, 0.25) is 0 Å². The van der Waals surface area contributed by atoms with E-state index in [4.69, 9.17) is 9.78 Å². The minimum atomic E-state index is 0.133. The zero-order valence-corrected chi connectivity index (χ0v) is 13.4. The summed E-state index contributed by atoms with van der Waals surface area (Å²) in [5, 5.41) is 0. The van der Waals surface area contributed by atoms with Crippen molar-refractivity contribution < 1.29 is 9.78 Å². The molecule has 0 aromatic heterocycles. The standard InChI is InChI=1S/C20H27O2/c1-11-3-15-5-12(1)6-16(4-11)18(15)20-17-7-13-2-14(8-17)10-19(20,9-13)21-22-20/h11-15,17-18H,1-10H2. The molecule has 9 fully saturated rings. The summed E-state index contributed by atoms with van der Waals surface area (Å²) in [5.41, 5.74) is 0.280. The molecule has 0 aromatic carbocycles. The number of hydrogen-bond donors (Lipinski definition) is 0. The van der Waals surface area contributed by atoms with Gasteiger partial charge < -0.3 is 0 Å². The predicted molar refractivity (Wildman–Crippen MR) is 81.5 cm³/mol. The maximum atomic E-state index is 6.25. The van der Waals surface area contributed by atoms with Gasteiger partial charge >= 0.3 is 0 Å². The van der Waals surface area contributed by atoms with E-state index in [-0.39, 0.29) is 11.2 Å². The Bertz CT molecular complexity index is 500. The van der Waals surface area contributed by atoms with Crippen LogP contribution in [0.5, 0.6) is 0 Å². The van der Waals surface area contributed by atoms with Crippen molar-refractivity contribution in [2.24, 2.45) is 41.4 Å². The van der Waals surface area contributed by atoms with Crippen LogP contribution in [0.25, 0.3) is 0 Å². The van der Waals surface area contributed by atoms with E-state index >= 15 is 0 Å². The molecule has 6 unspecified atom stereocenters. The second kappa shape index (κ2) is 3.61. The molecule has 9 aliphatic rings. The molecular formula is C20H27O2. The highest BCUT2D eigenvalue weighted by molar-refractivity contribution is 5.29. The van der Waals surface area contributed by atoms with Gasteiger partial charge in [0, 0.05) is 5.92 Å². The molecule has 22 heavy (non-hydrogen) atoms. The molecule has 9 rings (SSSR count). The predicted octanol–water partition coefficient (Wildman–Crippen LogP) is 4.30. The second-order valence-electron chi connectivity index (χ2n) is 10.2. The Kier molecular flexibility index (Phi) is 2.02. The Morgan fingerprint density at radius 1 is 0.727 bits per heavy atom. The van der Waals surface area contributed by atoms with Crippen molar-refractivity contribution in [1.29, 1.82) is 0 Å². The summed E-state index contributed by atoms with van der Waals surface area (Å²) in [6.45, 7) is 0. The smallest absolute Gasteiger partial charge is 0.142 e. The van der Waals surface area contributed by atoms with Crippen molar-refractivity contribution in [2.75, 3.05) is 0 Å². The minimum Gasteiger partial charge on any atom is -0.226 e. The van der Waals surface area contributed by atoms with Gasteiger partial charge in [0.2, 0.25) is 0 Å². The Morgan fingerprint density at radius 3 is 1.95 bits per heavy atom. The lowest BCUT2D eigenvalue weighted by atomic mass is 9.38. The van der Waals surface area contributed by atoms with Crippen molar-refractivity contribution in [3.63, 3.8) is 0 Å². The fourth-order valence-electron chi connectivity index (χ4n) is 9.22. The summed E-state index contributed by atoms with van der Waals surface area (Å²) in [4.78, 5) is 12.3. The van der Waals surface area contributed by atoms with Crippen LogP contribution in [0.1, 0.15) is 64.2 Å². The highest BCUT2D eigenvalue weighted by atomic mass is 17.3. The van der Waals surface area contributed by atoms with Crippen molar-refractivity contribution in [3.05, 3.63) is 5.92 Å². The van der Waals surface area contributed by atoms with E-state index in [9.17, 15) is 0 Å². The molecule has 0 amide bonds. The van der Waals surface area contributed by atoms with Gasteiger partial charge in [0.15, 0.2) is 0 Å². The van der Waals surface area contributed by atoms with E-state index in [0.29, 0.717) is 0 Å². The molecule has 1 heterocycles. The molecule has 1 aliphatic heterocycles. The van der Waals surface area contributed by atoms with Gasteiger partial charge in [-0.25, -0.2) is 9.78 Å². The molecule has 2 nitrogen and oxygen atoms in total. The van der Waals surface area contributed by atoms with Gasteiger partial charge in [-0.2, -0.15) is 0 Å². The molecule has 0 aromatic rings. The number of rotatable bonds is 1. The fraction of sp³-hybridized carbons (Fsp3) is 0.950. The summed E-state index contributed by atoms with van der Waals surface area (Å²) in [6.07, 6.45) is 14.5. The van der Waals surface area contributed by atoms with E-state index in [1.54, 1.807) is 0 Å². The van der Waals surface area contributed by atoms with E-state index in [1.165, 1.54) is 64.2 Å². The molecule has 2 heteroatoms. The Hall–Kier alpha value is -0.0800. The van der Waals surface area contributed by atoms with Gasteiger partial charge in [-0.05, 0) is 106 Å². The molecule has 1 spiro atoms. The van der Waals surface area contributed by atoms with Gasteiger partial charge in [-0.3, -0.25) is 0 Å². The Morgan fingerprint density at radius 2 is 1.41 bits per heavy atom. The van der Waals surface area contributed by atoms with Gasteiger partial charge in [0.1, 0.15) is 11.2 Å². The van der Waals surface area contributed by atoms with Crippen molar-refractivity contribution in [1.82, 2.24) is 0 Å². The van der Waals surface area contributed by atoms with Crippen LogP contribution in [0.15, 0.2) is 0 Å². The molecule has 6 atom stereocenters. The van der Waals surface area contributed by atoms with Crippen LogP contribution in [0, 0.1) is 47.3 Å². The van der Waals surface area contributed by atoms with Gasteiger partial charge in [-0.1, -0.05) is 0 Å². The monoisotopic (exact) mass is 299 g/mol. The summed E-state index contributed by atoms with van der Waals surface area (Å²) < 4.78 is 0. The van der Waals surface area contributed by atoms with E-state index in [0.717, 1.165) is 41.4 Å². The van der Waals surface area contributed by atoms with Crippen LogP contribution in [-0.4, -0.2) is 11.2 Å². The minimum absolute atomic E-state index is 0.133. The zero-order chi connectivity index (χ0) is 14.1. The van der Waals surface area contributed by atoms with Crippen LogP contribution >= 0.6 is 0 Å². The van der Waals surface area contributed by atoms with Crippen molar-refractivity contribution >= 4 is 0 Å². The molecule has 8 aliphatic carbocycles. The van der Waals surface area contributed by atoms with Gasteiger partial charge in [0.25, 0.3) is 0 Å². The quantitative estimate of drug-likeness (QED) is 0.672. The van der Waals surface area contributed by atoms with Gasteiger partial charge in [0.05, 0.1) is 0 Å². The molecular weight excluding hydrogens is 272 g/mol. The normalized spacial score (nSPS) is 67.4. The van der Waals surface area contributed by atoms with Crippen LogP contribution < -0.4 is 0 Å². The van der Waals surface area contributed by atoms with Crippen LogP contribution in [0.3, 0.4) is 0 Å². The maximum absolute atomic E-state index is 6.25. The second-order valence-corrected chi connectivity index (χ2v) is 10.2. The molecule has 8 saturated carbocycles. The zero-order valence-electron chi connectivity index (χ0n) is 13.4. The summed E-state index contributed by atoms with van der Waals surface area (Å²) >= 11 is 0. The van der Waals surface area contributed by atoms with E-state index < -0.39 is 0 Å². The highest BCUT2D eigenvalue weighted by Crippen LogP contribution is 2.74.